The highest BCUT2D eigenvalue weighted by atomic mass is 32.2. The third-order valence-corrected chi connectivity index (χ3v) is 7.04. The maximum atomic E-state index is 12.7. The highest BCUT2D eigenvalue weighted by Gasteiger charge is 2.30. The molecule has 1 aliphatic heterocycles. The van der Waals surface area contributed by atoms with Crippen LogP contribution in [0.25, 0.3) is 0 Å². The highest BCUT2D eigenvalue weighted by Crippen LogP contribution is 2.29. The number of alkyl halides is 3. The Kier molecular flexibility index (Phi) is 6.06. The molecule has 0 radical (unpaired) electrons. The first kappa shape index (κ1) is 20.7. The van der Waals surface area contributed by atoms with Gasteiger partial charge in [-0.25, -0.2) is 8.42 Å². The molecular formula is C17H18F3N3O3S2. The van der Waals surface area contributed by atoms with Crippen LogP contribution in [-0.2, 0) is 22.7 Å². The summed E-state index contributed by atoms with van der Waals surface area (Å²) in [5.41, 5.74) is -0.488. The summed E-state index contributed by atoms with van der Waals surface area (Å²) in [7, 11) is -3.68. The van der Waals surface area contributed by atoms with Crippen molar-refractivity contribution >= 4 is 27.7 Å². The van der Waals surface area contributed by atoms with Gasteiger partial charge in [-0.2, -0.15) is 29.2 Å². The number of thioether (sulfide) groups is 1. The number of carbonyl (C=O) groups is 1. The van der Waals surface area contributed by atoms with Crippen molar-refractivity contribution in [2.45, 2.75) is 17.6 Å². The average Bonchev–Trinajstić information content (AvgIpc) is 3.17. The van der Waals surface area contributed by atoms with E-state index in [1.165, 1.54) is 28.7 Å². The number of halogens is 3. The van der Waals surface area contributed by atoms with E-state index in [9.17, 15) is 26.4 Å². The number of aromatic amines is 1. The van der Waals surface area contributed by atoms with E-state index in [2.05, 4.69) is 10.3 Å². The summed E-state index contributed by atoms with van der Waals surface area (Å²) < 4.78 is 64.8. The summed E-state index contributed by atoms with van der Waals surface area (Å²) in [6, 6.07) is 5.87. The van der Waals surface area contributed by atoms with Crippen LogP contribution in [0.2, 0.25) is 0 Å². The van der Waals surface area contributed by atoms with Crippen molar-refractivity contribution in [3.05, 3.63) is 53.3 Å². The van der Waals surface area contributed by atoms with Crippen LogP contribution in [-0.4, -0.2) is 48.2 Å². The topological polar surface area (TPSA) is 82.3 Å². The van der Waals surface area contributed by atoms with Gasteiger partial charge < -0.3 is 10.3 Å². The van der Waals surface area contributed by atoms with Gasteiger partial charge in [0, 0.05) is 37.3 Å². The van der Waals surface area contributed by atoms with Crippen LogP contribution < -0.4 is 5.32 Å². The van der Waals surface area contributed by atoms with E-state index in [0.717, 1.165) is 12.1 Å². The van der Waals surface area contributed by atoms with Crippen molar-refractivity contribution in [3.8, 4) is 0 Å². The standard InChI is InChI=1S/C17H18F3N3O3S2/c18-17(19,20)13-3-1-2-12(8-13)10-22-16(24)15-9-14(11-21-15)28(25,26)23-4-6-27-7-5-23/h1-3,8-9,11,21H,4-7,10H2,(H,22,24). The maximum absolute atomic E-state index is 12.7. The molecule has 1 aromatic carbocycles. The van der Waals surface area contributed by atoms with Crippen LogP contribution in [0.1, 0.15) is 21.6 Å². The predicted octanol–water partition coefficient (Wildman–Crippen LogP) is 2.70. The molecule has 2 aromatic rings. The lowest BCUT2D eigenvalue weighted by atomic mass is 10.1. The molecule has 0 aliphatic carbocycles. The van der Waals surface area contributed by atoms with Crippen LogP contribution >= 0.6 is 11.8 Å². The number of H-pyrrole nitrogens is 1. The quantitative estimate of drug-likeness (QED) is 0.760. The minimum absolute atomic E-state index is 0.0105. The van der Waals surface area contributed by atoms with Gasteiger partial charge in [0.2, 0.25) is 10.0 Å². The first-order valence-electron chi connectivity index (χ1n) is 8.38. The highest BCUT2D eigenvalue weighted by molar-refractivity contribution is 7.99. The summed E-state index contributed by atoms with van der Waals surface area (Å²) in [6.45, 7) is 0.706. The molecule has 1 aliphatic rings. The fraction of sp³-hybridized carbons (Fsp3) is 0.353. The number of benzene rings is 1. The van der Waals surface area contributed by atoms with E-state index in [0.29, 0.717) is 24.6 Å². The van der Waals surface area contributed by atoms with Crippen molar-refractivity contribution < 1.29 is 26.4 Å². The average molecular weight is 433 g/mol. The summed E-state index contributed by atoms with van der Waals surface area (Å²) in [4.78, 5) is 14.8. The molecule has 152 valence electrons. The molecule has 0 saturated carbocycles. The molecule has 28 heavy (non-hydrogen) atoms. The van der Waals surface area contributed by atoms with Crippen molar-refractivity contribution in [1.29, 1.82) is 0 Å². The Balaban J connectivity index is 1.66. The molecule has 6 nitrogen and oxygen atoms in total. The summed E-state index contributed by atoms with van der Waals surface area (Å²) in [5.74, 6) is 0.829. The number of rotatable bonds is 5. The predicted molar refractivity (Wildman–Crippen MR) is 99.5 cm³/mol. The zero-order chi connectivity index (χ0) is 20.4. The summed E-state index contributed by atoms with van der Waals surface area (Å²) in [6.07, 6.45) is -3.22. The van der Waals surface area contributed by atoms with Gasteiger partial charge in [-0.15, -0.1) is 0 Å². The lowest BCUT2D eigenvalue weighted by Crippen LogP contribution is -2.37. The fourth-order valence-electron chi connectivity index (χ4n) is 2.73. The Labute approximate surface area is 164 Å². The van der Waals surface area contributed by atoms with Gasteiger partial charge in [-0.3, -0.25) is 4.79 Å². The normalized spacial score (nSPS) is 16.1. The van der Waals surface area contributed by atoms with E-state index in [-0.39, 0.29) is 22.7 Å². The van der Waals surface area contributed by atoms with E-state index in [4.69, 9.17) is 0 Å². The van der Waals surface area contributed by atoms with Crippen molar-refractivity contribution in [1.82, 2.24) is 14.6 Å². The zero-order valence-corrected chi connectivity index (χ0v) is 16.3. The number of carbonyl (C=O) groups excluding carboxylic acids is 1. The molecule has 0 atom stereocenters. The number of sulfonamides is 1. The van der Waals surface area contributed by atoms with Gasteiger partial charge in [-0.05, 0) is 23.8 Å². The first-order valence-corrected chi connectivity index (χ1v) is 11.0. The third kappa shape index (κ3) is 4.70. The van der Waals surface area contributed by atoms with Gasteiger partial charge in [0.05, 0.1) is 5.56 Å². The molecule has 1 fully saturated rings. The third-order valence-electron chi connectivity index (χ3n) is 4.22. The second-order valence-corrected chi connectivity index (χ2v) is 9.31. The molecular weight excluding hydrogens is 415 g/mol. The molecule has 11 heteroatoms. The molecule has 1 aromatic heterocycles. The van der Waals surface area contributed by atoms with Crippen LogP contribution in [0.15, 0.2) is 41.4 Å². The Morgan fingerprint density at radius 1 is 1.21 bits per heavy atom. The summed E-state index contributed by atoms with van der Waals surface area (Å²) >= 11 is 1.68. The fourth-order valence-corrected chi connectivity index (χ4v) is 5.30. The second-order valence-electron chi connectivity index (χ2n) is 6.15. The van der Waals surface area contributed by atoms with Gasteiger partial charge in [0.25, 0.3) is 5.91 Å². The number of hydrogen-bond donors (Lipinski definition) is 2. The largest absolute Gasteiger partial charge is 0.416 e. The number of hydrogen-bond acceptors (Lipinski definition) is 4. The number of nitrogens with zero attached hydrogens (tertiary/aromatic N) is 1. The molecule has 3 rings (SSSR count). The van der Waals surface area contributed by atoms with E-state index in [1.54, 1.807) is 11.8 Å². The lowest BCUT2D eigenvalue weighted by molar-refractivity contribution is -0.137. The molecule has 0 spiro atoms. The minimum atomic E-state index is -4.46. The minimum Gasteiger partial charge on any atom is -0.356 e. The molecule has 0 unspecified atom stereocenters. The van der Waals surface area contributed by atoms with Crippen LogP contribution in [0, 0.1) is 0 Å². The van der Waals surface area contributed by atoms with Crippen molar-refractivity contribution in [2.24, 2.45) is 0 Å². The van der Waals surface area contributed by atoms with E-state index < -0.39 is 27.7 Å². The van der Waals surface area contributed by atoms with Crippen LogP contribution in [0.5, 0.6) is 0 Å². The maximum Gasteiger partial charge on any atom is 0.416 e. The molecule has 1 saturated heterocycles. The number of amides is 1. The Bertz CT molecular complexity index is 952. The number of aromatic nitrogens is 1. The molecule has 2 N–H and O–H groups in total. The molecule has 1 amide bonds. The Hall–Kier alpha value is -1.98. The van der Waals surface area contributed by atoms with E-state index >= 15 is 0 Å². The smallest absolute Gasteiger partial charge is 0.356 e. The SMILES string of the molecule is O=C(NCc1cccc(C(F)(F)F)c1)c1cc(S(=O)(=O)N2CCSCC2)c[nH]1. The monoisotopic (exact) mass is 433 g/mol. The van der Waals surface area contributed by atoms with Gasteiger partial charge in [-0.1, -0.05) is 12.1 Å². The molecule has 0 bridgehead atoms. The first-order chi connectivity index (χ1) is 13.2. The van der Waals surface area contributed by atoms with Crippen LogP contribution in [0.4, 0.5) is 13.2 Å². The van der Waals surface area contributed by atoms with Crippen molar-refractivity contribution in [3.63, 3.8) is 0 Å². The lowest BCUT2D eigenvalue weighted by Gasteiger charge is -2.24. The Morgan fingerprint density at radius 3 is 2.61 bits per heavy atom. The van der Waals surface area contributed by atoms with Gasteiger partial charge in [0.15, 0.2) is 0 Å². The van der Waals surface area contributed by atoms with Crippen LogP contribution in [0.3, 0.4) is 0 Å². The van der Waals surface area contributed by atoms with Crippen molar-refractivity contribution in [2.75, 3.05) is 24.6 Å². The summed E-state index contributed by atoms with van der Waals surface area (Å²) in [5, 5.41) is 2.49. The molecule has 2 heterocycles. The van der Waals surface area contributed by atoms with Gasteiger partial charge >= 0.3 is 6.18 Å². The van der Waals surface area contributed by atoms with E-state index in [1.807, 2.05) is 0 Å². The Morgan fingerprint density at radius 2 is 1.93 bits per heavy atom. The second kappa shape index (κ2) is 8.18. The van der Waals surface area contributed by atoms with Gasteiger partial charge in [0.1, 0.15) is 10.6 Å². The number of nitrogens with one attached hydrogen (secondary N) is 2. The zero-order valence-electron chi connectivity index (χ0n) is 14.6.